The first-order valence-electron chi connectivity index (χ1n) is 10.6. The number of hydrogen-bond donors (Lipinski definition) is 4. The van der Waals surface area contributed by atoms with Crippen molar-refractivity contribution >= 4 is 55.4 Å². The van der Waals surface area contributed by atoms with Crippen LogP contribution in [0, 0.1) is 12.3 Å². The summed E-state index contributed by atoms with van der Waals surface area (Å²) >= 11 is 5.43. The van der Waals surface area contributed by atoms with E-state index in [1.54, 1.807) is 12.1 Å². The molecule has 4 aromatic rings. The van der Waals surface area contributed by atoms with E-state index in [1.807, 2.05) is 42.5 Å². The summed E-state index contributed by atoms with van der Waals surface area (Å²) < 4.78 is 22.7. The first kappa shape index (κ1) is 24.1. The number of primary sulfonamides is 1. The number of nitrogens with zero attached hydrogens (tertiary/aromatic N) is 2. The summed E-state index contributed by atoms with van der Waals surface area (Å²) in [5.74, 6) is 3.27. The average Bonchev–Trinajstić information content (AvgIpc) is 2.84. The van der Waals surface area contributed by atoms with E-state index < -0.39 is 10.0 Å². The van der Waals surface area contributed by atoms with Crippen molar-refractivity contribution in [2.45, 2.75) is 11.3 Å². The molecule has 0 radical (unpaired) electrons. The lowest BCUT2D eigenvalue weighted by molar-refractivity contribution is 0.598. The van der Waals surface area contributed by atoms with Crippen LogP contribution < -0.4 is 21.1 Å². The maximum Gasteiger partial charge on any atom is 0.238 e. The highest BCUT2D eigenvalue weighted by Gasteiger charge is 2.08. The van der Waals surface area contributed by atoms with Gasteiger partial charge in [-0.2, -0.15) is 0 Å². The molecule has 0 atom stereocenters. The van der Waals surface area contributed by atoms with E-state index in [0.717, 1.165) is 33.4 Å². The largest absolute Gasteiger partial charge is 0.362 e. The monoisotopic (exact) mass is 502 g/mol. The highest BCUT2D eigenvalue weighted by atomic mass is 32.2. The molecule has 0 aliphatic rings. The Kier molecular flexibility index (Phi) is 7.22. The van der Waals surface area contributed by atoms with Crippen LogP contribution in [-0.4, -0.2) is 30.0 Å². The first-order valence-corrected chi connectivity index (χ1v) is 12.5. The minimum absolute atomic E-state index is 0.0873. The molecule has 1 heterocycles. The smallest absolute Gasteiger partial charge is 0.238 e. The Hall–Kier alpha value is -4.04. The van der Waals surface area contributed by atoms with Crippen molar-refractivity contribution in [3.8, 4) is 12.3 Å². The molecule has 0 amide bonds. The van der Waals surface area contributed by atoms with E-state index in [2.05, 4.69) is 31.8 Å². The summed E-state index contributed by atoms with van der Waals surface area (Å²) in [5.41, 5.74) is 4.12. The molecule has 5 N–H and O–H groups in total. The van der Waals surface area contributed by atoms with Gasteiger partial charge in [0.1, 0.15) is 12.1 Å². The van der Waals surface area contributed by atoms with Crippen molar-refractivity contribution in [2.75, 3.05) is 17.2 Å². The molecule has 3 aromatic carbocycles. The highest BCUT2D eigenvalue weighted by Crippen LogP contribution is 2.26. The third-order valence-electron chi connectivity index (χ3n) is 5.14. The van der Waals surface area contributed by atoms with E-state index in [-0.39, 0.29) is 4.90 Å². The minimum atomic E-state index is -3.70. The number of fused-ring (bicyclic) bond motifs is 1. The molecule has 0 aliphatic heterocycles. The first-order chi connectivity index (χ1) is 16.8. The summed E-state index contributed by atoms with van der Waals surface area (Å²) in [6.07, 6.45) is 7.66. The van der Waals surface area contributed by atoms with Crippen molar-refractivity contribution in [3.63, 3.8) is 0 Å². The Morgan fingerprint density at radius 2 is 1.83 bits per heavy atom. The molecule has 0 spiro atoms. The van der Waals surface area contributed by atoms with Gasteiger partial charge >= 0.3 is 0 Å². The molecule has 8 nitrogen and oxygen atoms in total. The zero-order valence-electron chi connectivity index (χ0n) is 18.5. The molecule has 0 fully saturated rings. The van der Waals surface area contributed by atoms with E-state index in [9.17, 15) is 8.42 Å². The van der Waals surface area contributed by atoms with Gasteiger partial charge in [-0.05, 0) is 72.7 Å². The van der Waals surface area contributed by atoms with Crippen molar-refractivity contribution in [1.82, 2.24) is 15.3 Å². The van der Waals surface area contributed by atoms with Crippen LogP contribution in [0.2, 0.25) is 0 Å². The van der Waals surface area contributed by atoms with E-state index in [4.69, 9.17) is 23.8 Å². The molecule has 35 heavy (non-hydrogen) atoms. The lowest BCUT2D eigenvalue weighted by atomic mass is 10.1. The molecule has 0 aliphatic carbocycles. The zero-order chi connectivity index (χ0) is 24.8. The quantitative estimate of drug-likeness (QED) is 0.224. The molecule has 4 rings (SSSR count). The van der Waals surface area contributed by atoms with E-state index in [1.165, 1.54) is 18.5 Å². The van der Waals surface area contributed by atoms with E-state index >= 15 is 0 Å². The van der Waals surface area contributed by atoms with Gasteiger partial charge in [-0.1, -0.05) is 24.1 Å². The molecule has 1 aromatic heterocycles. The van der Waals surface area contributed by atoms with Crippen LogP contribution in [0.25, 0.3) is 10.9 Å². The molecule has 0 saturated carbocycles. The molecule has 0 saturated heterocycles. The van der Waals surface area contributed by atoms with Gasteiger partial charge in [-0.25, -0.2) is 23.5 Å². The number of aromatic nitrogens is 2. The second-order valence-corrected chi connectivity index (χ2v) is 9.59. The Balaban J connectivity index is 1.40. The lowest BCUT2D eigenvalue weighted by Gasteiger charge is -2.13. The fourth-order valence-electron chi connectivity index (χ4n) is 3.40. The number of anilines is 3. The summed E-state index contributed by atoms with van der Waals surface area (Å²) in [6, 6.07) is 19.7. The summed E-state index contributed by atoms with van der Waals surface area (Å²) in [7, 11) is -3.70. The fourth-order valence-corrected chi connectivity index (χ4v) is 4.13. The Labute approximate surface area is 209 Å². The number of sulfonamides is 1. The van der Waals surface area contributed by atoms with E-state index in [0.29, 0.717) is 23.9 Å². The molecular weight excluding hydrogens is 480 g/mol. The second-order valence-electron chi connectivity index (χ2n) is 7.62. The number of benzene rings is 3. The SMILES string of the molecule is C#Cc1cccc(Nc2ncnc3ccc(NC(=S)NCCc4ccc(S(N)(=O)=O)cc4)cc23)c1. The highest BCUT2D eigenvalue weighted by molar-refractivity contribution is 7.89. The Bertz CT molecular complexity index is 1530. The molecule has 0 unspecified atom stereocenters. The van der Waals surface area contributed by atoms with Crippen LogP contribution in [0.1, 0.15) is 11.1 Å². The number of thiocarbonyl (C=S) groups is 1. The van der Waals surface area contributed by atoms with Crippen molar-refractivity contribution in [1.29, 1.82) is 0 Å². The molecule has 0 bridgehead atoms. The Morgan fingerprint density at radius 3 is 2.57 bits per heavy atom. The average molecular weight is 503 g/mol. The van der Waals surface area contributed by atoms with Crippen molar-refractivity contribution in [3.05, 3.63) is 84.2 Å². The van der Waals surface area contributed by atoms with Crippen LogP contribution >= 0.6 is 12.2 Å². The van der Waals surface area contributed by atoms with Gasteiger partial charge in [0.15, 0.2) is 5.11 Å². The van der Waals surface area contributed by atoms with Crippen molar-refractivity contribution in [2.24, 2.45) is 5.14 Å². The number of terminal acetylenes is 1. The predicted octanol–water partition coefficient (Wildman–Crippen LogP) is 3.53. The standard InChI is InChI=1S/C25H22N6O2S2/c1-2-17-4-3-5-19(14-17)30-24-22-15-20(8-11-23(22)28-16-29-24)31-25(34)27-13-12-18-6-9-21(10-7-18)35(26,32)33/h1,3-11,14-16H,12-13H2,(H2,26,32,33)(H2,27,31,34)(H,28,29,30). The number of nitrogens with two attached hydrogens (primary N) is 1. The molecule has 10 heteroatoms. The lowest BCUT2D eigenvalue weighted by Crippen LogP contribution is -2.30. The second kappa shape index (κ2) is 10.5. The van der Waals surface area contributed by atoms with Crippen LogP contribution in [0.15, 0.2) is 78.0 Å². The van der Waals surface area contributed by atoms with Gasteiger partial charge in [-0.15, -0.1) is 6.42 Å². The zero-order valence-corrected chi connectivity index (χ0v) is 20.2. The normalized spacial score (nSPS) is 11.0. The van der Waals surface area contributed by atoms with Gasteiger partial charge in [0, 0.05) is 28.9 Å². The van der Waals surface area contributed by atoms with Gasteiger partial charge in [-0.3, -0.25) is 0 Å². The Morgan fingerprint density at radius 1 is 1.03 bits per heavy atom. The maximum atomic E-state index is 11.4. The fraction of sp³-hybridized carbons (Fsp3) is 0.0800. The van der Waals surface area contributed by atoms with Gasteiger partial charge in [0.25, 0.3) is 0 Å². The number of hydrogen-bond acceptors (Lipinski definition) is 6. The molecular formula is C25H22N6O2S2. The number of rotatable bonds is 7. The van der Waals surface area contributed by atoms with Gasteiger partial charge in [0.2, 0.25) is 10.0 Å². The van der Waals surface area contributed by atoms with Crippen LogP contribution in [-0.2, 0) is 16.4 Å². The summed E-state index contributed by atoms with van der Waals surface area (Å²) in [4.78, 5) is 8.81. The van der Waals surface area contributed by atoms with Crippen molar-refractivity contribution < 1.29 is 8.42 Å². The topological polar surface area (TPSA) is 122 Å². The maximum absolute atomic E-state index is 11.4. The minimum Gasteiger partial charge on any atom is -0.362 e. The third-order valence-corrected chi connectivity index (χ3v) is 6.31. The van der Waals surface area contributed by atoms with Crippen LogP contribution in [0.3, 0.4) is 0 Å². The van der Waals surface area contributed by atoms with Gasteiger partial charge < -0.3 is 16.0 Å². The van der Waals surface area contributed by atoms with Crippen LogP contribution in [0.5, 0.6) is 0 Å². The summed E-state index contributed by atoms with van der Waals surface area (Å²) in [6.45, 7) is 0.565. The van der Waals surface area contributed by atoms with Gasteiger partial charge in [0.05, 0.1) is 10.4 Å². The predicted molar refractivity (Wildman–Crippen MR) is 143 cm³/mol. The third kappa shape index (κ3) is 6.30. The molecule has 176 valence electrons. The summed E-state index contributed by atoms with van der Waals surface area (Å²) in [5, 5.41) is 16.0. The van der Waals surface area contributed by atoms with Crippen LogP contribution in [0.4, 0.5) is 17.2 Å². The number of nitrogens with one attached hydrogen (secondary N) is 3.